The second kappa shape index (κ2) is 4.71. The molecule has 0 aromatic heterocycles. The van der Waals surface area contributed by atoms with E-state index in [1.165, 1.54) is 44.9 Å². The van der Waals surface area contributed by atoms with Gasteiger partial charge < -0.3 is 10.2 Å². The van der Waals surface area contributed by atoms with Crippen molar-refractivity contribution in [2.24, 2.45) is 34.5 Å². The maximum atomic E-state index is 11.0. The van der Waals surface area contributed by atoms with E-state index < -0.39 is 0 Å². The third kappa shape index (κ3) is 1.84. The van der Waals surface area contributed by atoms with Crippen molar-refractivity contribution in [1.82, 2.24) is 0 Å². The zero-order chi connectivity index (χ0) is 14.8. The van der Waals surface area contributed by atoms with Gasteiger partial charge >= 0.3 is 0 Å². The van der Waals surface area contributed by atoms with Crippen molar-refractivity contribution in [3.63, 3.8) is 0 Å². The molecule has 0 spiro atoms. The molecule has 21 heavy (non-hydrogen) atoms. The Morgan fingerprint density at radius 1 is 0.857 bits per heavy atom. The Balaban J connectivity index is 1.70. The molecule has 0 unspecified atom stereocenters. The molecule has 0 amide bonds. The molecule has 0 saturated heterocycles. The van der Waals surface area contributed by atoms with Crippen molar-refractivity contribution < 1.29 is 10.2 Å². The van der Waals surface area contributed by atoms with Crippen molar-refractivity contribution in [2.45, 2.75) is 83.8 Å². The van der Waals surface area contributed by atoms with Gasteiger partial charge in [0.05, 0.1) is 12.2 Å². The van der Waals surface area contributed by atoms with Gasteiger partial charge in [-0.05, 0) is 79.4 Å². The van der Waals surface area contributed by atoms with Gasteiger partial charge in [0.25, 0.3) is 0 Å². The summed E-state index contributed by atoms with van der Waals surface area (Å²) >= 11 is 0. The Bertz CT molecular complexity index is 422. The lowest BCUT2D eigenvalue weighted by atomic mass is 9.44. The smallest absolute Gasteiger partial charge is 0.0597 e. The summed E-state index contributed by atoms with van der Waals surface area (Å²) in [6.07, 6.45) is 10.7. The molecule has 0 radical (unpaired) electrons. The SMILES string of the molecule is C[C@]12CCCC[C@@H]1CC[C@H]1[C@H]2[C@@H](O)C[C@@]2(C)[C@@H]1CC[C@@H]2O. The fourth-order valence-corrected chi connectivity index (χ4v) is 7.39. The lowest BCUT2D eigenvalue weighted by Crippen LogP contribution is -2.58. The monoisotopic (exact) mass is 292 g/mol. The van der Waals surface area contributed by atoms with E-state index in [1.54, 1.807) is 0 Å². The standard InChI is InChI=1S/C19H32O2/c1-18-10-4-3-5-12(18)6-7-13-14-8-9-16(21)19(14,2)11-15(20)17(13)18/h12-17,20-21H,3-11H2,1-2H3/t12-,13-,14-,15+,16+,17+,18+,19+/m1/s1. The van der Waals surface area contributed by atoms with Gasteiger partial charge in [0.2, 0.25) is 0 Å². The molecule has 4 saturated carbocycles. The molecular formula is C19H32O2. The highest BCUT2D eigenvalue weighted by molar-refractivity contribution is 5.11. The van der Waals surface area contributed by atoms with E-state index in [1.807, 2.05) is 0 Å². The Morgan fingerprint density at radius 3 is 2.48 bits per heavy atom. The first-order chi connectivity index (χ1) is 9.97. The summed E-state index contributed by atoms with van der Waals surface area (Å²) in [5.74, 6) is 2.66. The number of hydrogen-bond donors (Lipinski definition) is 2. The number of aliphatic hydroxyl groups excluding tert-OH is 2. The van der Waals surface area contributed by atoms with Gasteiger partial charge in [-0.1, -0.05) is 26.7 Å². The second-order valence-electron chi connectivity index (χ2n) is 9.19. The van der Waals surface area contributed by atoms with Crippen LogP contribution in [0.4, 0.5) is 0 Å². The maximum absolute atomic E-state index is 11.0. The van der Waals surface area contributed by atoms with Crippen LogP contribution < -0.4 is 0 Å². The van der Waals surface area contributed by atoms with Crippen LogP contribution in [0.25, 0.3) is 0 Å². The van der Waals surface area contributed by atoms with Gasteiger partial charge in [-0.25, -0.2) is 0 Å². The molecule has 4 aliphatic carbocycles. The van der Waals surface area contributed by atoms with E-state index in [4.69, 9.17) is 0 Å². The maximum Gasteiger partial charge on any atom is 0.0597 e. The molecule has 2 N–H and O–H groups in total. The highest BCUT2D eigenvalue weighted by atomic mass is 16.3. The van der Waals surface area contributed by atoms with Gasteiger partial charge in [-0.15, -0.1) is 0 Å². The molecule has 120 valence electrons. The minimum absolute atomic E-state index is 0.0154. The van der Waals surface area contributed by atoms with Crippen molar-refractivity contribution in [3.05, 3.63) is 0 Å². The molecule has 4 rings (SSSR count). The van der Waals surface area contributed by atoms with Crippen LogP contribution in [0.3, 0.4) is 0 Å². The predicted octanol–water partition coefficient (Wildman–Crippen LogP) is 3.75. The molecular weight excluding hydrogens is 260 g/mol. The molecule has 0 aliphatic heterocycles. The summed E-state index contributed by atoms with van der Waals surface area (Å²) in [7, 11) is 0. The average Bonchev–Trinajstić information content (AvgIpc) is 2.73. The summed E-state index contributed by atoms with van der Waals surface area (Å²) in [5, 5.41) is 21.5. The van der Waals surface area contributed by atoms with Crippen LogP contribution in [-0.4, -0.2) is 22.4 Å². The number of fused-ring (bicyclic) bond motifs is 5. The summed E-state index contributed by atoms with van der Waals surface area (Å²) in [6.45, 7) is 4.75. The first kappa shape index (κ1) is 14.5. The van der Waals surface area contributed by atoms with Gasteiger partial charge in [-0.3, -0.25) is 0 Å². The molecule has 0 bridgehead atoms. The zero-order valence-electron chi connectivity index (χ0n) is 13.7. The molecule has 2 heteroatoms. The van der Waals surface area contributed by atoms with Crippen LogP contribution in [0.5, 0.6) is 0 Å². The fraction of sp³-hybridized carbons (Fsp3) is 1.00. The quantitative estimate of drug-likeness (QED) is 0.714. The van der Waals surface area contributed by atoms with Gasteiger partial charge in [-0.2, -0.15) is 0 Å². The number of aliphatic hydroxyl groups is 2. The first-order valence-electron chi connectivity index (χ1n) is 9.33. The third-order valence-corrected chi connectivity index (χ3v) is 8.46. The highest BCUT2D eigenvalue weighted by Crippen LogP contribution is 2.66. The van der Waals surface area contributed by atoms with E-state index in [0.29, 0.717) is 23.2 Å². The Morgan fingerprint density at radius 2 is 1.67 bits per heavy atom. The second-order valence-corrected chi connectivity index (χ2v) is 9.19. The van der Waals surface area contributed by atoms with Crippen LogP contribution in [0.15, 0.2) is 0 Å². The van der Waals surface area contributed by atoms with Gasteiger partial charge in [0.1, 0.15) is 0 Å². The fourth-order valence-electron chi connectivity index (χ4n) is 7.39. The normalized spacial score (nSPS) is 60.0. The summed E-state index contributed by atoms with van der Waals surface area (Å²) < 4.78 is 0. The predicted molar refractivity (Wildman–Crippen MR) is 83.7 cm³/mol. The van der Waals surface area contributed by atoms with Crippen LogP contribution >= 0.6 is 0 Å². The van der Waals surface area contributed by atoms with E-state index >= 15 is 0 Å². The van der Waals surface area contributed by atoms with Crippen LogP contribution in [0.1, 0.15) is 71.6 Å². The van der Waals surface area contributed by atoms with Gasteiger partial charge in [0, 0.05) is 0 Å². The minimum atomic E-state index is -0.185. The molecule has 4 fully saturated rings. The van der Waals surface area contributed by atoms with Crippen LogP contribution in [0, 0.1) is 34.5 Å². The van der Waals surface area contributed by atoms with Crippen molar-refractivity contribution in [1.29, 1.82) is 0 Å². The number of hydrogen-bond acceptors (Lipinski definition) is 2. The summed E-state index contributed by atoms with van der Waals surface area (Å²) in [6, 6.07) is 0. The largest absolute Gasteiger partial charge is 0.393 e. The lowest BCUT2D eigenvalue weighted by molar-refractivity contribution is -0.175. The van der Waals surface area contributed by atoms with Crippen LogP contribution in [0.2, 0.25) is 0 Å². The topological polar surface area (TPSA) is 40.5 Å². The van der Waals surface area contributed by atoms with E-state index in [0.717, 1.165) is 18.8 Å². The summed E-state index contributed by atoms with van der Waals surface area (Å²) in [4.78, 5) is 0. The molecule has 8 atom stereocenters. The third-order valence-electron chi connectivity index (χ3n) is 8.46. The Labute approximate surface area is 129 Å². The first-order valence-corrected chi connectivity index (χ1v) is 9.33. The molecule has 0 heterocycles. The minimum Gasteiger partial charge on any atom is -0.393 e. The molecule has 0 aromatic rings. The highest BCUT2D eigenvalue weighted by Gasteiger charge is 2.62. The number of rotatable bonds is 0. The Kier molecular flexibility index (Phi) is 3.25. The molecule has 2 nitrogen and oxygen atoms in total. The van der Waals surface area contributed by atoms with Crippen molar-refractivity contribution in [2.75, 3.05) is 0 Å². The van der Waals surface area contributed by atoms with E-state index in [9.17, 15) is 10.2 Å². The van der Waals surface area contributed by atoms with E-state index in [2.05, 4.69) is 13.8 Å². The van der Waals surface area contributed by atoms with Crippen molar-refractivity contribution >= 4 is 0 Å². The molecule has 0 aromatic carbocycles. The zero-order valence-corrected chi connectivity index (χ0v) is 13.7. The molecule has 4 aliphatic rings. The van der Waals surface area contributed by atoms with Crippen LogP contribution in [-0.2, 0) is 0 Å². The van der Waals surface area contributed by atoms with E-state index in [-0.39, 0.29) is 17.6 Å². The average molecular weight is 292 g/mol. The summed E-state index contributed by atoms with van der Waals surface area (Å²) in [5.41, 5.74) is 0.355. The Hall–Kier alpha value is -0.0800. The lowest BCUT2D eigenvalue weighted by Gasteiger charge is -2.61. The van der Waals surface area contributed by atoms with Crippen molar-refractivity contribution in [3.8, 4) is 0 Å². The van der Waals surface area contributed by atoms with Gasteiger partial charge in [0.15, 0.2) is 0 Å².